The number of benzene rings is 1. The van der Waals surface area contributed by atoms with Gasteiger partial charge in [0.05, 0.1) is 28.5 Å². The van der Waals surface area contributed by atoms with Crippen LogP contribution in [0.1, 0.15) is 30.7 Å². The first-order valence-corrected chi connectivity index (χ1v) is 9.66. The Hall–Kier alpha value is -2.30. The van der Waals surface area contributed by atoms with Crippen molar-refractivity contribution in [2.75, 3.05) is 18.9 Å². The van der Waals surface area contributed by atoms with Crippen LogP contribution in [0.5, 0.6) is 0 Å². The molecule has 7 heteroatoms. The third kappa shape index (κ3) is 4.65. The molecule has 0 unspecified atom stereocenters. The summed E-state index contributed by atoms with van der Waals surface area (Å²) in [6.45, 7) is 1.25. The van der Waals surface area contributed by atoms with Gasteiger partial charge in [-0.3, -0.25) is 9.59 Å². The molecule has 0 aliphatic carbocycles. The highest BCUT2D eigenvalue weighted by Gasteiger charge is 2.29. The van der Waals surface area contributed by atoms with Gasteiger partial charge >= 0.3 is 0 Å². The molecule has 1 aromatic rings. The van der Waals surface area contributed by atoms with Crippen LogP contribution < -0.4 is 10.6 Å². The Bertz CT molecular complexity index is 736. The Balaban J connectivity index is 1.64. The molecule has 2 N–H and O–H groups in total. The molecular formula is C19H21N3O3S. The summed E-state index contributed by atoms with van der Waals surface area (Å²) in [4.78, 5) is 24.1. The fourth-order valence-electron chi connectivity index (χ4n) is 3.12. The minimum atomic E-state index is -0.271. The number of thioether (sulfide) groups is 1. The van der Waals surface area contributed by atoms with E-state index in [4.69, 9.17) is 4.74 Å². The number of hydrogen-bond acceptors (Lipinski definition) is 5. The van der Waals surface area contributed by atoms with Gasteiger partial charge in [-0.15, -0.1) is 0 Å². The first kappa shape index (κ1) is 18.5. The van der Waals surface area contributed by atoms with Gasteiger partial charge < -0.3 is 15.4 Å². The van der Waals surface area contributed by atoms with Gasteiger partial charge in [0.1, 0.15) is 0 Å². The van der Waals surface area contributed by atoms with Crippen LogP contribution in [0, 0.1) is 11.3 Å². The number of ether oxygens (including phenoxy) is 1. The summed E-state index contributed by atoms with van der Waals surface area (Å²) in [6.07, 6.45) is 2.32. The second kappa shape index (κ2) is 8.88. The highest BCUT2D eigenvalue weighted by atomic mass is 32.2. The van der Waals surface area contributed by atoms with Crippen molar-refractivity contribution in [3.05, 3.63) is 46.5 Å². The zero-order chi connectivity index (χ0) is 18.4. The molecule has 2 amide bonds. The Morgan fingerprint density at radius 2 is 2.19 bits per heavy atom. The molecule has 1 saturated heterocycles. The van der Waals surface area contributed by atoms with Crippen LogP contribution in [0.15, 0.2) is 40.9 Å². The zero-order valence-electron chi connectivity index (χ0n) is 14.4. The van der Waals surface area contributed by atoms with Crippen molar-refractivity contribution in [1.82, 2.24) is 10.6 Å². The van der Waals surface area contributed by atoms with Crippen LogP contribution in [0.2, 0.25) is 0 Å². The highest BCUT2D eigenvalue weighted by molar-refractivity contribution is 8.03. The maximum absolute atomic E-state index is 12.1. The molecule has 1 aromatic carbocycles. The summed E-state index contributed by atoms with van der Waals surface area (Å²) in [7, 11) is 0. The number of carbonyl (C=O) groups excluding carboxylic acids is 2. The summed E-state index contributed by atoms with van der Waals surface area (Å²) in [6, 6.07) is 11.7. The molecule has 0 saturated carbocycles. The highest BCUT2D eigenvalue weighted by Crippen LogP contribution is 2.35. The van der Waals surface area contributed by atoms with Gasteiger partial charge in [-0.05, 0) is 18.4 Å². The van der Waals surface area contributed by atoms with Gasteiger partial charge in [-0.1, -0.05) is 42.1 Å². The maximum Gasteiger partial charge on any atom is 0.230 e. The quantitative estimate of drug-likeness (QED) is 0.799. The molecule has 2 aliphatic rings. The predicted molar refractivity (Wildman–Crippen MR) is 99.0 cm³/mol. The molecule has 6 nitrogen and oxygen atoms in total. The van der Waals surface area contributed by atoms with E-state index in [0.717, 1.165) is 25.0 Å². The summed E-state index contributed by atoms with van der Waals surface area (Å²) in [5.74, 6) is -0.395. The lowest BCUT2D eigenvalue weighted by Gasteiger charge is -2.25. The van der Waals surface area contributed by atoms with Gasteiger partial charge in [-0.2, -0.15) is 5.26 Å². The minimum absolute atomic E-state index is 0.0923. The van der Waals surface area contributed by atoms with Gasteiger partial charge in [0.2, 0.25) is 11.8 Å². The molecule has 2 atom stereocenters. The van der Waals surface area contributed by atoms with Crippen molar-refractivity contribution in [3.8, 4) is 6.07 Å². The first-order chi connectivity index (χ1) is 12.7. The molecule has 0 aromatic heterocycles. The number of carbonyl (C=O) groups is 2. The second-order valence-corrected chi connectivity index (χ2v) is 7.28. The molecular weight excluding hydrogens is 350 g/mol. The van der Waals surface area contributed by atoms with Crippen LogP contribution in [0.3, 0.4) is 0 Å². The topological polar surface area (TPSA) is 91.2 Å². The summed E-state index contributed by atoms with van der Waals surface area (Å²) >= 11 is 1.20. The molecule has 0 spiro atoms. The fraction of sp³-hybridized carbons (Fsp3) is 0.421. The van der Waals surface area contributed by atoms with Gasteiger partial charge in [-0.25, -0.2) is 0 Å². The number of allylic oxidation sites excluding steroid dienone is 1. The monoisotopic (exact) mass is 371 g/mol. The summed E-state index contributed by atoms with van der Waals surface area (Å²) in [5.41, 5.74) is 1.44. The van der Waals surface area contributed by atoms with Crippen LogP contribution in [-0.4, -0.2) is 36.8 Å². The maximum atomic E-state index is 12.1. The lowest BCUT2D eigenvalue weighted by atomic mass is 9.87. The third-order valence-corrected chi connectivity index (χ3v) is 5.47. The largest absolute Gasteiger partial charge is 0.376 e. The molecule has 26 heavy (non-hydrogen) atoms. The molecule has 0 radical (unpaired) electrons. The number of hydrogen-bond donors (Lipinski definition) is 2. The molecule has 3 rings (SSSR count). The summed E-state index contributed by atoms with van der Waals surface area (Å²) < 4.78 is 5.48. The predicted octanol–water partition coefficient (Wildman–Crippen LogP) is 2.05. The molecule has 2 heterocycles. The number of rotatable bonds is 6. The van der Waals surface area contributed by atoms with Crippen LogP contribution in [-0.2, 0) is 14.3 Å². The van der Waals surface area contributed by atoms with E-state index in [0.29, 0.717) is 17.1 Å². The van der Waals surface area contributed by atoms with Gasteiger partial charge in [0.15, 0.2) is 0 Å². The van der Waals surface area contributed by atoms with Crippen molar-refractivity contribution in [2.45, 2.75) is 31.3 Å². The van der Waals surface area contributed by atoms with Crippen molar-refractivity contribution in [3.63, 3.8) is 0 Å². The Kier molecular flexibility index (Phi) is 6.31. The van der Waals surface area contributed by atoms with E-state index in [1.807, 2.05) is 30.3 Å². The lowest BCUT2D eigenvalue weighted by Crippen LogP contribution is -2.34. The minimum Gasteiger partial charge on any atom is -0.376 e. The number of amides is 2. The van der Waals surface area contributed by atoms with E-state index in [1.54, 1.807) is 0 Å². The second-order valence-electron chi connectivity index (χ2n) is 6.30. The zero-order valence-corrected chi connectivity index (χ0v) is 15.2. The Morgan fingerprint density at radius 1 is 1.38 bits per heavy atom. The van der Waals surface area contributed by atoms with Gasteiger partial charge in [0.25, 0.3) is 0 Å². The summed E-state index contributed by atoms with van der Waals surface area (Å²) in [5, 5.41) is 15.7. The average molecular weight is 371 g/mol. The van der Waals surface area contributed by atoms with Crippen molar-refractivity contribution in [1.29, 1.82) is 5.26 Å². The number of nitriles is 1. The van der Waals surface area contributed by atoms with Crippen molar-refractivity contribution < 1.29 is 14.3 Å². The van der Waals surface area contributed by atoms with Crippen molar-refractivity contribution in [2.24, 2.45) is 0 Å². The standard InChI is InChI=1S/C19H21N3O3S/c20-10-16-15(13-5-2-1-3-6-13)9-17(23)22-19(16)26-12-18(24)21-11-14-7-4-8-25-14/h1-3,5-6,14-15H,4,7-9,11-12H2,(H,21,24)(H,22,23)/t14-,15-/m1/s1. The lowest BCUT2D eigenvalue weighted by molar-refractivity contribution is -0.121. The van der Waals surface area contributed by atoms with Crippen molar-refractivity contribution >= 4 is 23.6 Å². The van der Waals surface area contributed by atoms with Gasteiger partial charge in [0, 0.05) is 25.5 Å². The van der Waals surface area contributed by atoms with E-state index in [1.165, 1.54) is 11.8 Å². The molecule has 136 valence electrons. The third-order valence-electron chi connectivity index (χ3n) is 4.46. The SMILES string of the molecule is N#CC1=C(SCC(=O)NC[C@H]2CCCO2)NC(=O)C[C@@H]1c1ccccc1. The molecule has 0 bridgehead atoms. The molecule has 2 aliphatic heterocycles. The first-order valence-electron chi connectivity index (χ1n) is 8.67. The Labute approximate surface area is 157 Å². The number of nitrogens with one attached hydrogen (secondary N) is 2. The van der Waals surface area contributed by atoms with E-state index in [2.05, 4.69) is 16.7 Å². The van der Waals surface area contributed by atoms with E-state index in [9.17, 15) is 14.9 Å². The van der Waals surface area contributed by atoms with Crippen LogP contribution in [0.4, 0.5) is 0 Å². The smallest absolute Gasteiger partial charge is 0.230 e. The average Bonchev–Trinajstić information content (AvgIpc) is 3.18. The van der Waals surface area contributed by atoms with Crippen LogP contribution >= 0.6 is 11.8 Å². The number of nitrogens with zero attached hydrogens (tertiary/aromatic N) is 1. The fourth-order valence-corrected chi connectivity index (χ4v) is 4.03. The van der Waals surface area contributed by atoms with Crippen LogP contribution in [0.25, 0.3) is 0 Å². The van der Waals surface area contributed by atoms with E-state index < -0.39 is 0 Å². The Morgan fingerprint density at radius 3 is 2.88 bits per heavy atom. The van der Waals surface area contributed by atoms with E-state index >= 15 is 0 Å². The normalized spacial score (nSPS) is 22.7. The molecule has 1 fully saturated rings. The van der Waals surface area contributed by atoms with E-state index in [-0.39, 0.29) is 36.0 Å².